The van der Waals surface area contributed by atoms with Gasteiger partial charge in [-0.3, -0.25) is 4.79 Å². The number of para-hydroxylation sites is 1. The average molecular weight is 247 g/mol. The van der Waals surface area contributed by atoms with Gasteiger partial charge in [0.25, 0.3) is 0 Å². The first kappa shape index (κ1) is 10.7. The number of thioether (sulfide) groups is 1. The Bertz CT molecular complexity index is 415. The fraction of sp³-hybridized carbons (Fsp3) is 0.222. The van der Waals surface area contributed by atoms with E-state index < -0.39 is 22.5 Å². The summed E-state index contributed by atoms with van der Waals surface area (Å²) in [4.78, 5) is 12.0. The van der Waals surface area contributed by atoms with Gasteiger partial charge < -0.3 is 11.1 Å². The Kier molecular flexibility index (Phi) is 2.86. The van der Waals surface area contributed by atoms with Crippen LogP contribution in [0.5, 0.6) is 0 Å². The lowest BCUT2D eigenvalue weighted by Crippen LogP contribution is -2.40. The van der Waals surface area contributed by atoms with E-state index in [1.54, 1.807) is 12.1 Å². The molecule has 1 aromatic rings. The van der Waals surface area contributed by atoms with Gasteiger partial charge in [0, 0.05) is 4.90 Å². The first-order valence-corrected chi connectivity index (χ1v) is 5.57. The summed E-state index contributed by atoms with van der Waals surface area (Å²) in [5.74, 6) is -0.947. The summed E-state index contributed by atoms with van der Waals surface area (Å²) in [6, 6.07) is 3.69. The molecule has 1 amide bonds. The number of hydrogen-bond acceptors (Lipinski definition) is 3. The van der Waals surface area contributed by atoms with Crippen LogP contribution < -0.4 is 11.1 Å². The quantitative estimate of drug-likeness (QED) is 0.686. The van der Waals surface area contributed by atoms with Crippen LogP contribution in [-0.4, -0.2) is 16.7 Å². The van der Waals surface area contributed by atoms with Crippen molar-refractivity contribution in [2.75, 3.05) is 5.32 Å². The first-order valence-electron chi connectivity index (χ1n) is 4.25. The van der Waals surface area contributed by atoms with Gasteiger partial charge >= 0.3 is 0 Å². The van der Waals surface area contributed by atoms with Gasteiger partial charge in [0.2, 0.25) is 5.91 Å². The molecule has 2 rings (SSSR count). The summed E-state index contributed by atoms with van der Waals surface area (Å²) in [7, 11) is 0. The number of carbonyl (C=O) groups is 1. The predicted octanol–water partition coefficient (Wildman–Crippen LogP) is 1.76. The van der Waals surface area contributed by atoms with Crippen LogP contribution in [0.2, 0.25) is 0 Å². The third-order valence-corrected chi connectivity index (χ3v) is 3.70. The van der Waals surface area contributed by atoms with Crippen molar-refractivity contribution in [1.29, 1.82) is 0 Å². The van der Waals surface area contributed by atoms with Crippen molar-refractivity contribution in [3.05, 3.63) is 24.0 Å². The molecule has 3 nitrogen and oxygen atoms in total. The van der Waals surface area contributed by atoms with E-state index in [2.05, 4.69) is 5.32 Å². The minimum absolute atomic E-state index is 0.158. The second-order valence-corrected chi connectivity index (χ2v) is 5.01. The van der Waals surface area contributed by atoms with Gasteiger partial charge in [-0.2, -0.15) is 0 Å². The largest absolute Gasteiger partial charge is 0.321 e. The molecule has 0 spiro atoms. The zero-order chi connectivity index (χ0) is 11.0. The smallest absolute Gasteiger partial charge is 0.243 e. The average Bonchev–Trinajstić information content (AvgIpc) is 2.30. The number of hydrogen-bond donors (Lipinski definition) is 2. The van der Waals surface area contributed by atoms with Crippen LogP contribution in [0.4, 0.5) is 10.1 Å². The third-order valence-electron chi connectivity index (χ3n) is 2.05. The van der Waals surface area contributed by atoms with Crippen LogP contribution in [0.25, 0.3) is 0 Å². The monoisotopic (exact) mass is 246 g/mol. The second-order valence-electron chi connectivity index (χ2n) is 3.10. The van der Waals surface area contributed by atoms with Crippen LogP contribution in [0.3, 0.4) is 0 Å². The van der Waals surface area contributed by atoms with Crippen LogP contribution in [0, 0.1) is 5.82 Å². The van der Waals surface area contributed by atoms with Gasteiger partial charge in [0.15, 0.2) is 0 Å². The molecule has 0 bridgehead atoms. The Balaban J connectivity index is 2.47. The van der Waals surface area contributed by atoms with E-state index in [9.17, 15) is 9.18 Å². The summed E-state index contributed by atoms with van der Waals surface area (Å²) in [6.07, 6.45) is 0. The van der Waals surface area contributed by atoms with Gasteiger partial charge in [0.05, 0.1) is 5.69 Å². The van der Waals surface area contributed by atoms with Crippen molar-refractivity contribution in [2.24, 2.45) is 5.73 Å². The fourth-order valence-electron chi connectivity index (χ4n) is 1.24. The van der Waals surface area contributed by atoms with Crippen LogP contribution in [0.1, 0.15) is 0 Å². The first-order chi connectivity index (χ1) is 7.09. The molecule has 1 aromatic carbocycles. The van der Waals surface area contributed by atoms with E-state index in [0.717, 1.165) is 0 Å². The minimum Gasteiger partial charge on any atom is -0.321 e. The Morgan fingerprint density at radius 3 is 3.00 bits per heavy atom. The van der Waals surface area contributed by atoms with Crippen molar-refractivity contribution in [3.63, 3.8) is 0 Å². The fourth-order valence-corrected chi connectivity index (χ4v) is 2.58. The number of fused-ring (bicyclic) bond motifs is 1. The van der Waals surface area contributed by atoms with Crippen molar-refractivity contribution in [3.8, 4) is 0 Å². The zero-order valence-corrected chi connectivity index (χ0v) is 9.11. The molecule has 0 saturated carbocycles. The highest BCUT2D eigenvalue weighted by Crippen LogP contribution is 2.37. The summed E-state index contributed by atoms with van der Waals surface area (Å²) in [5, 5.41) is 2.43. The second kappa shape index (κ2) is 4.00. The van der Waals surface area contributed by atoms with Crippen LogP contribution >= 0.6 is 23.4 Å². The standard InChI is InChI=1S/C9H8ClFN2OS/c10-8-6(12)9(14)13-7-4(11)2-1-3-5(7)15-8/h1-3,6,8H,12H2,(H,13,14)/t6-,8?/m0/s1. The molecule has 0 aromatic heterocycles. The highest BCUT2D eigenvalue weighted by Gasteiger charge is 2.29. The van der Waals surface area contributed by atoms with Crippen LogP contribution in [-0.2, 0) is 4.79 Å². The van der Waals surface area contributed by atoms with Crippen molar-refractivity contribution in [2.45, 2.75) is 15.6 Å². The molecule has 80 valence electrons. The van der Waals surface area contributed by atoms with Crippen molar-refractivity contribution in [1.82, 2.24) is 0 Å². The molecular weight excluding hydrogens is 239 g/mol. The van der Waals surface area contributed by atoms with Crippen LogP contribution in [0.15, 0.2) is 23.1 Å². The molecule has 15 heavy (non-hydrogen) atoms. The van der Waals surface area contributed by atoms with Gasteiger partial charge in [0.1, 0.15) is 16.6 Å². The Morgan fingerprint density at radius 2 is 2.27 bits per heavy atom. The van der Waals surface area contributed by atoms with Gasteiger partial charge in [-0.05, 0) is 12.1 Å². The Labute approximate surface area is 95.2 Å². The minimum atomic E-state index is -0.844. The SMILES string of the molecule is N[C@@H]1C(=O)Nc2c(F)cccc2SC1Cl. The van der Waals surface area contributed by atoms with Crippen molar-refractivity contribution < 1.29 is 9.18 Å². The number of halogens is 2. The molecule has 0 fully saturated rings. The Hall–Kier alpha value is -0.780. The maximum absolute atomic E-state index is 13.4. The van der Waals surface area contributed by atoms with E-state index >= 15 is 0 Å². The molecule has 6 heteroatoms. The van der Waals surface area contributed by atoms with E-state index in [-0.39, 0.29) is 5.69 Å². The molecule has 3 N–H and O–H groups in total. The lowest BCUT2D eigenvalue weighted by Gasteiger charge is -2.10. The molecular formula is C9H8ClFN2OS. The number of benzene rings is 1. The molecule has 0 radical (unpaired) electrons. The Morgan fingerprint density at radius 1 is 1.53 bits per heavy atom. The highest BCUT2D eigenvalue weighted by atomic mass is 35.5. The van der Waals surface area contributed by atoms with Gasteiger partial charge in [-0.1, -0.05) is 6.07 Å². The molecule has 1 aliphatic heterocycles. The van der Waals surface area contributed by atoms with Crippen molar-refractivity contribution >= 4 is 35.0 Å². The lowest BCUT2D eigenvalue weighted by molar-refractivity contribution is -0.117. The molecule has 1 aliphatic rings. The summed E-state index contributed by atoms with van der Waals surface area (Å²) in [6.45, 7) is 0. The highest BCUT2D eigenvalue weighted by molar-refractivity contribution is 8.01. The molecule has 0 saturated heterocycles. The maximum atomic E-state index is 13.4. The molecule has 2 atom stereocenters. The number of amides is 1. The number of anilines is 1. The summed E-state index contributed by atoms with van der Waals surface area (Å²) in [5.41, 5.74) is 5.72. The maximum Gasteiger partial charge on any atom is 0.243 e. The zero-order valence-electron chi connectivity index (χ0n) is 7.54. The molecule has 0 aliphatic carbocycles. The predicted molar refractivity (Wildman–Crippen MR) is 58.5 cm³/mol. The molecule has 1 unspecified atom stereocenters. The summed E-state index contributed by atoms with van der Waals surface area (Å²) >= 11 is 7.08. The normalized spacial score (nSPS) is 25.4. The number of nitrogens with one attached hydrogen (secondary N) is 1. The van der Waals surface area contributed by atoms with E-state index in [1.165, 1.54) is 17.8 Å². The topological polar surface area (TPSA) is 55.1 Å². The van der Waals surface area contributed by atoms with E-state index in [0.29, 0.717) is 4.90 Å². The summed E-state index contributed by atoms with van der Waals surface area (Å²) < 4.78 is 12.8. The lowest BCUT2D eigenvalue weighted by atomic mass is 10.2. The van der Waals surface area contributed by atoms with E-state index in [4.69, 9.17) is 17.3 Å². The molecule has 1 heterocycles. The van der Waals surface area contributed by atoms with Gasteiger partial charge in [-0.15, -0.1) is 23.4 Å². The number of nitrogens with two attached hydrogens (primary N) is 1. The number of rotatable bonds is 0. The van der Waals surface area contributed by atoms with E-state index in [1.807, 2.05) is 0 Å². The number of carbonyl (C=O) groups excluding carboxylic acids is 1. The number of alkyl halides is 1. The third kappa shape index (κ3) is 1.95. The van der Waals surface area contributed by atoms with Gasteiger partial charge in [-0.25, -0.2) is 4.39 Å².